The second-order valence-corrected chi connectivity index (χ2v) is 9.88. The molecule has 2 saturated heterocycles. The normalized spacial score (nSPS) is 18.5. The van der Waals surface area contributed by atoms with Crippen LogP contribution in [0.2, 0.25) is 0 Å². The molecule has 2 aliphatic heterocycles. The zero-order valence-corrected chi connectivity index (χ0v) is 23.5. The van der Waals surface area contributed by atoms with Gasteiger partial charge in [0.15, 0.2) is 23.0 Å². The van der Waals surface area contributed by atoms with Crippen LogP contribution in [0, 0.1) is 0 Å². The van der Waals surface area contributed by atoms with Gasteiger partial charge in [0.25, 0.3) is 5.91 Å². The number of carbonyl (C=O) groups excluding carboxylic acids is 2. The molecule has 2 heterocycles. The number of unbranched alkanes of at least 4 members (excludes halogenated alkanes) is 1. The molecule has 11 heteroatoms. The van der Waals surface area contributed by atoms with Gasteiger partial charge in [0.2, 0.25) is 11.7 Å². The highest BCUT2D eigenvalue weighted by Crippen LogP contribution is 2.44. The number of fused-ring (bicyclic) bond motifs is 2. The van der Waals surface area contributed by atoms with Gasteiger partial charge in [-0.05, 0) is 61.9 Å². The molecule has 0 radical (unpaired) electrons. The Bertz CT molecular complexity index is 1210. The minimum Gasteiger partial charge on any atom is -0.493 e. The van der Waals surface area contributed by atoms with E-state index in [9.17, 15) is 9.59 Å². The summed E-state index contributed by atoms with van der Waals surface area (Å²) in [5.74, 6) is -4.07. The van der Waals surface area contributed by atoms with Crippen molar-refractivity contribution < 1.29 is 42.1 Å². The Morgan fingerprint density at radius 2 is 1.52 bits per heavy atom. The summed E-state index contributed by atoms with van der Waals surface area (Å²) in [5, 5.41) is 0. The van der Waals surface area contributed by atoms with Crippen molar-refractivity contribution in [2.75, 3.05) is 48.6 Å². The van der Waals surface area contributed by atoms with Gasteiger partial charge in [0.05, 0.1) is 41.6 Å². The number of ether oxygens (including phenoxy) is 5. The Labute approximate surface area is 232 Å². The maximum Gasteiger partial charge on any atom is 0.350 e. The van der Waals surface area contributed by atoms with E-state index in [1.54, 1.807) is 19.1 Å². The molecule has 2 aromatic rings. The zero-order chi connectivity index (χ0) is 29.0. The summed E-state index contributed by atoms with van der Waals surface area (Å²) in [6.45, 7) is 0.743. The summed E-state index contributed by atoms with van der Waals surface area (Å²) >= 11 is 0. The van der Waals surface area contributed by atoms with Gasteiger partial charge in [-0.2, -0.15) is 8.78 Å². The van der Waals surface area contributed by atoms with Crippen LogP contribution in [0.4, 0.5) is 8.78 Å². The fourth-order valence-corrected chi connectivity index (χ4v) is 5.58. The lowest BCUT2D eigenvalue weighted by Crippen LogP contribution is -2.61. The number of carbonyl (C=O) groups is 2. The lowest BCUT2D eigenvalue weighted by molar-refractivity contribution is -0.170. The van der Waals surface area contributed by atoms with Crippen LogP contribution in [0.5, 0.6) is 28.7 Å². The Hall–Kier alpha value is -3.76. The largest absolute Gasteiger partial charge is 0.493 e. The number of piperazine rings is 1. The van der Waals surface area contributed by atoms with E-state index in [4.69, 9.17) is 23.7 Å². The lowest BCUT2D eigenvalue weighted by Gasteiger charge is -2.41. The van der Waals surface area contributed by atoms with E-state index in [0.717, 1.165) is 41.9 Å². The van der Waals surface area contributed by atoms with Crippen LogP contribution < -0.4 is 23.7 Å². The third-order valence-electron chi connectivity index (χ3n) is 7.65. The van der Waals surface area contributed by atoms with Crippen LogP contribution in [0.3, 0.4) is 0 Å². The molecule has 2 bridgehead atoms. The fraction of sp³-hybridized carbons (Fsp3) is 0.517. The predicted molar refractivity (Wildman–Crippen MR) is 143 cm³/mol. The third-order valence-corrected chi connectivity index (χ3v) is 7.65. The summed E-state index contributed by atoms with van der Waals surface area (Å²) < 4.78 is 57.5. The number of rotatable bonds is 12. The first-order valence-electron chi connectivity index (χ1n) is 13.2. The van der Waals surface area contributed by atoms with Crippen molar-refractivity contribution in [1.82, 2.24) is 9.80 Å². The first-order chi connectivity index (χ1) is 19.2. The molecule has 9 nitrogen and oxygen atoms in total. The number of halogens is 2. The number of methoxy groups -OCH3 is 5. The number of aryl methyl sites for hydroxylation is 1. The van der Waals surface area contributed by atoms with Gasteiger partial charge in [-0.3, -0.25) is 9.59 Å². The van der Waals surface area contributed by atoms with Crippen LogP contribution in [0.25, 0.3) is 0 Å². The van der Waals surface area contributed by atoms with E-state index in [1.165, 1.54) is 21.3 Å². The van der Waals surface area contributed by atoms with Crippen LogP contribution >= 0.6 is 0 Å². The molecular weight excluding hydrogens is 526 g/mol. The van der Waals surface area contributed by atoms with Crippen molar-refractivity contribution in [2.24, 2.45) is 0 Å². The average molecular weight is 563 g/mol. The molecule has 0 N–H and O–H groups in total. The lowest BCUT2D eigenvalue weighted by atomic mass is 10.0. The second-order valence-electron chi connectivity index (χ2n) is 9.88. The Balaban J connectivity index is 1.41. The van der Waals surface area contributed by atoms with Crippen molar-refractivity contribution in [3.63, 3.8) is 0 Å². The van der Waals surface area contributed by atoms with Crippen molar-refractivity contribution >= 4 is 11.8 Å². The molecular formula is C29H36F2N2O7. The Morgan fingerprint density at radius 3 is 2.12 bits per heavy atom. The Morgan fingerprint density at radius 1 is 0.875 bits per heavy atom. The van der Waals surface area contributed by atoms with E-state index in [1.807, 2.05) is 18.2 Å². The second kappa shape index (κ2) is 12.2. The number of hydrogen-bond donors (Lipinski definition) is 0. The Kier molecular flexibility index (Phi) is 8.90. The van der Waals surface area contributed by atoms with Crippen molar-refractivity contribution in [3.05, 3.63) is 41.5 Å². The van der Waals surface area contributed by atoms with Crippen molar-refractivity contribution in [3.8, 4) is 28.7 Å². The monoisotopic (exact) mass is 562 g/mol. The molecule has 218 valence electrons. The molecule has 0 aromatic heterocycles. The van der Waals surface area contributed by atoms with Crippen molar-refractivity contribution in [2.45, 2.75) is 50.1 Å². The number of likely N-dealkylation sites (tertiary alicyclic amines) is 1. The molecule has 2 amide bonds. The molecule has 2 unspecified atom stereocenters. The summed E-state index contributed by atoms with van der Waals surface area (Å²) in [4.78, 5) is 29.3. The van der Waals surface area contributed by atoms with Crippen LogP contribution in [0.15, 0.2) is 30.3 Å². The molecule has 40 heavy (non-hydrogen) atoms. The molecule has 0 saturated carbocycles. The number of alkyl halides is 2. The molecule has 2 fully saturated rings. The van der Waals surface area contributed by atoms with Gasteiger partial charge < -0.3 is 33.5 Å². The summed E-state index contributed by atoms with van der Waals surface area (Å²) in [6, 6.07) is 6.54. The number of hydrogen-bond acceptors (Lipinski definition) is 7. The van der Waals surface area contributed by atoms with E-state index < -0.39 is 29.5 Å². The summed E-state index contributed by atoms with van der Waals surface area (Å²) in [7, 11) is 7.17. The molecule has 2 aliphatic rings. The van der Waals surface area contributed by atoms with Gasteiger partial charge in [0, 0.05) is 18.7 Å². The number of nitrogens with zero attached hydrogens (tertiary/aromatic N) is 2. The maximum absolute atomic E-state index is 15.6. The van der Waals surface area contributed by atoms with Crippen LogP contribution in [-0.4, -0.2) is 82.3 Å². The van der Waals surface area contributed by atoms with Gasteiger partial charge >= 0.3 is 5.92 Å². The zero-order valence-electron chi connectivity index (χ0n) is 23.5. The highest BCUT2D eigenvalue weighted by molar-refractivity contribution is 5.93. The van der Waals surface area contributed by atoms with Crippen LogP contribution in [-0.2, 0) is 21.9 Å². The molecule has 0 aliphatic carbocycles. The first-order valence-corrected chi connectivity index (χ1v) is 13.2. The van der Waals surface area contributed by atoms with E-state index in [2.05, 4.69) is 0 Å². The van der Waals surface area contributed by atoms with Gasteiger partial charge in [0.1, 0.15) is 6.04 Å². The van der Waals surface area contributed by atoms with E-state index in [-0.39, 0.29) is 29.7 Å². The predicted octanol–water partition coefficient (Wildman–Crippen LogP) is 4.05. The fourth-order valence-electron chi connectivity index (χ4n) is 5.58. The highest BCUT2D eigenvalue weighted by atomic mass is 19.3. The topological polar surface area (TPSA) is 86.8 Å². The first kappa shape index (κ1) is 29.2. The van der Waals surface area contributed by atoms with E-state index in [0.29, 0.717) is 30.9 Å². The van der Waals surface area contributed by atoms with Gasteiger partial charge in [-0.15, -0.1) is 0 Å². The van der Waals surface area contributed by atoms with Gasteiger partial charge in [-0.25, -0.2) is 0 Å². The molecule has 2 atom stereocenters. The minimum atomic E-state index is -3.89. The standard InChI is InChI=1S/C29H36F2N2O7/c1-36-22-12-9-18(14-23(22)37-2)8-6-7-13-32-17-20-10-11-21(27(32)34)33(20)28(35)29(30,31)19-15-24(38-3)26(40-5)25(16-19)39-4/h9,12,14-16,20-21H,6-8,10-11,13,17H2,1-5H3. The summed E-state index contributed by atoms with van der Waals surface area (Å²) in [5.41, 5.74) is 0.505. The average Bonchev–Trinajstić information content (AvgIpc) is 3.32. The van der Waals surface area contributed by atoms with E-state index >= 15 is 8.78 Å². The quantitative estimate of drug-likeness (QED) is 0.361. The van der Waals surface area contributed by atoms with Gasteiger partial charge in [-0.1, -0.05) is 6.07 Å². The molecule has 4 rings (SSSR count). The SMILES string of the molecule is COc1ccc(CCCCN2CC3CCC(C2=O)N3C(=O)C(F)(F)c2cc(OC)c(OC)c(OC)c2)cc1OC. The third kappa shape index (κ3) is 5.46. The number of amides is 2. The van der Waals surface area contributed by atoms with Crippen LogP contribution in [0.1, 0.15) is 36.8 Å². The minimum absolute atomic E-state index is 0.0151. The molecule has 2 aromatic carbocycles. The van der Waals surface area contributed by atoms with Crippen molar-refractivity contribution in [1.29, 1.82) is 0 Å². The smallest absolute Gasteiger partial charge is 0.350 e. The maximum atomic E-state index is 15.6. The number of benzene rings is 2. The summed E-state index contributed by atoms with van der Waals surface area (Å²) in [6.07, 6.45) is 3.23. The highest BCUT2D eigenvalue weighted by Gasteiger charge is 2.55. The molecule has 0 spiro atoms.